The molecule has 0 radical (unpaired) electrons. The predicted octanol–water partition coefficient (Wildman–Crippen LogP) is 1.74. The van der Waals surface area contributed by atoms with Crippen molar-refractivity contribution < 1.29 is 14.3 Å². The number of fused-ring (bicyclic) bond motifs is 1. The second kappa shape index (κ2) is 4.49. The smallest absolute Gasteiger partial charge is 0.346 e. The van der Waals surface area contributed by atoms with Crippen LogP contribution in [0.3, 0.4) is 0 Å². The molecule has 0 spiro atoms. The Kier molecular flexibility index (Phi) is 3.16. The van der Waals surface area contributed by atoms with Gasteiger partial charge in [-0.15, -0.1) is 11.3 Å². The van der Waals surface area contributed by atoms with Crippen LogP contribution in [0.4, 0.5) is 4.39 Å². The minimum Gasteiger partial charge on any atom is -0.477 e. The largest absolute Gasteiger partial charge is 0.477 e. The van der Waals surface area contributed by atoms with E-state index < -0.39 is 12.6 Å². The summed E-state index contributed by atoms with van der Waals surface area (Å²) in [6.07, 6.45) is 0. The molecule has 18 heavy (non-hydrogen) atoms. The van der Waals surface area contributed by atoms with Crippen molar-refractivity contribution in [3.05, 3.63) is 26.6 Å². The summed E-state index contributed by atoms with van der Waals surface area (Å²) in [6, 6.07) is 0. The van der Waals surface area contributed by atoms with Gasteiger partial charge in [0.25, 0.3) is 5.56 Å². The molecule has 0 unspecified atom stereocenters. The predicted molar refractivity (Wildman–Crippen MR) is 66.3 cm³/mol. The zero-order valence-corrected chi connectivity index (χ0v) is 10.7. The first-order valence-electron chi connectivity index (χ1n) is 5.27. The van der Waals surface area contributed by atoms with Gasteiger partial charge in [0.05, 0.1) is 11.9 Å². The molecule has 2 aromatic rings. The Morgan fingerprint density at radius 1 is 1.50 bits per heavy atom. The van der Waals surface area contributed by atoms with Gasteiger partial charge in [0.1, 0.15) is 22.2 Å². The molecule has 0 saturated heterocycles. The summed E-state index contributed by atoms with van der Waals surface area (Å²) in [6.45, 7) is 2.45. The highest BCUT2D eigenvalue weighted by atomic mass is 32.1. The number of hydrogen-bond acceptors (Lipinski definition) is 4. The van der Waals surface area contributed by atoms with E-state index in [1.54, 1.807) is 13.8 Å². The van der Waals surface area contributed by atoms with E-state index in [9.17, 15) is 14.0 Å². The van der Waals surface area contributed by atoms with Gasteiger partial charge in [-0.3, -0.25) is 9.36 Å². The number of hydrogen-bond donors (Lipinski definition) is 1. The number of aromatic carboxylic acids is 1. The molecule has 2 rings (SSSR count). The quantitative estimate of drug-likeness (QED) is 0.922. The van der Waals surface area contributed by atoms with Gasteiger partial charge in [0, 0.05) is 0 Å². The topological polar surface area (TPSA) is 72.2 Å². The average molecular weight is 270 g/mol. The van der Waals surface area contributed by atoms with Crippen LogP contribution in [0.2, 0.25) is 0 Å². The Balaban J connectivity index is 2.85. The van der Waals surface area contributed by atoms with E-state index in [1.165, 1.54) is 4.57 Å². The number of aromatic nitrogens is 2. The van der Waals surface area contributed by atoms with Crippen LogP contribution in [-0.2, 0) is 6.54 Å². The number of rotatable bonds is 3. The van der Waals surface area contributed by atoms with Crippen molar-refractivity contribution in [1.82, 2.24) is 9.55 Å². The summed E-state index contributed by atoms with van der Waals surface area (Å²) in [5.74, 6) is -0.687. The zero-order chi connectivity index (χ0) is 13.4. The van der Waals surface area contributed by atoms with Gasteiger partial charge in [-0.05, 0) is 19.4 Å². The van der Waals surface area contributed by atoms with Crippen molar-refractivity contribution in [3.63, 3.8) is 0 Å². The van der Waals surface area contributed by atoms with E-state index in [-0.39, 0.29) is 22.4 Å². The van der Waals surface area contributed by atoms with Crippen LogP contribution in [0.25, 0.3) is 10.2 Å². The molecular formula is C11H11FN2O3S. The first-order valence-corrected chi connectivity index (χ1v) is 6.08. The molecule has 5 nitrogen and oxygen atoms in total. The van der Waals surface area contributed by atoms with Gasteiger partial charge < -0.3 is 5.11 Å². The molecule has 0 aliphatic rings. The maximum absolute atomic E-state index is 12.4. The van der Waals surface area contributed by atoms with E-state index in [0.29, 0.717) is 16.2 Å². The minimum absolute atomic E-state index is 0.0642. The van der Waals surface area contributed by atoms with Gasteiger partial charge >= 0.3 is 5.97 Å². The maximum atomic E-state index is 12.4. The normalized spacial score (nSPS) is 11.1. The number of thiophene rings is 1. The summed E-state index contributed by atoms with van der Waals surface area (Å²) in [5.41, 5.74) is 0.0176. The Labute approximate surface area is 106 Å². The van der Waals surface area contributed by atoms with Gasteiger partial charge in [-0.2, -0.15) is 0 Å². The Bertz CT molecular complexity index is 690. The van der Waals surface area contributed by atoms with E-state index >= 15 is 0 Å². The van der Waals surface area contributed by atoms with E-state index in [2.05, 4.69) is 4.98 Å². The lowest BCUT2D eigenvalue weighted by molar-refractivity contribution is 0.0701. The third-order valence-corrected chi connectivity index (χ3v) is 3.92. The number of aryl methyl sites for hydroxylation is 2. The second-order valence-electron chi connectivity index (χ2n) is 3.85. The third-order valence-electron chi connectivity index (χ3n) is 2.74. The van der Waals surface area contributed by atoms with Crippen LogP contribution in [0.5, 0.6) is 0 Å². The lowest BCUT2D eigenvalue weighted by atomic mass is 10.2. The fourth-order valence-corrected chi connectivity index (χ4v) is 2.93. The molecule has 0 aliphatic heterocycles. The van der Waals surface area contributed by atoms with Crippen molar-refractivity contribution in [3.8, 4) is 0 Å². The van der Waals surface area contributed by atoms with E-state index in [1.807, 2.05) is 0 Å². The number of halogens is 1. The number of carboxylic acids is 1. The number of carbonyl (C=O) groups is 1. The van der Waals surface area contributed by atoms with Gasteiger partial charge in [0.15, 0.2) is 0 Å². The molecule has 2 heterocycles. The van der Waals surface area contributed by atoms with Gasteiger partial charge in [-0.25, -0.2) is 14.2 Å². The fraction of sp³-hybridized carbons (Fsp3) is 0.364. The Morgan fingerprint density at radius 2 is 2.17 bits per heavy atom. The van der Waals surface area contributed by atoms with Crippen LogP contribution in [-0.4, -0.2) is 27.3 Å². The number of alkyl halides is 1. The summed E-state index contributed by atoms with van der Waals surface area (Å²) < 4.78 is 13.6. The summed E-state index contributed by atoms with van der Waals surface area (Å²) >= 11 is 0.969. The molecule has 2 aromatic heterocycles. The van der Waals surface area contributed by atoms with Crippen molar-refractivity contribution >= 4 is 27.5 Å². The first-order chi connectivity index (χ1) is 8.47. The SMILES string of the molecule is Cc1c(C(=O)O)sc2nc(C)n(CCF)c(=O)c12. The summed E-state index contributed by atoms with van der Waals surface area (Å²) in [4.78, 5) is 27.8. The monoisotopic (exact) mass is 270 g/mol. The maximum Gasteiger partial charge on any atom is 0.346 e. The van der Waals surface area contributed by atoms with E-state index in [4.69, 9.17) is 5.11 Å². The number of carboxylic acid groups (broad SMARTS) is 1. The highest BCUT2D eigenvalue weighted by Gasteiger charge is 2.19. The first kappa shape index (κ1) is 12.7. The van der Waals surface area contributed by atoms with Crippen molar-refractivity contribution in [2.75, 3.05) is 6.67 Å². The number of nitrogens with zero attached hydrogens (tertiary/aromatic N) is 2. The Morgan fingerprint density at radius 3 is 2.72 bits per heavy atom. The van der Waals surface area contributed by atoms with Gasteiger partial charge in [0.2, 0.25) is 0 Å². The molecule has 0 fully saturated rings. The Hall–Kier alpha value is -1.76. The van der Waals surface area contributed by atoms with Crippen LogP contribution < -0.4 is 5.56 Å². The molecule has 0 atom stereocenters. The standard InChI is InChI=1S/C11H11FN2O3S/c1-5-7-9(18-8(5)11(16)17)13-6(2)14(4-3-12)10(7)15/h3-4H2,1-2H3,(H,16,17). The second-order valence-corrected chi connectivity index (χ2v) is 4.85. The highest BCUT2D eigenvalue weighted by Crippen LogP contribution is 2.27. The third kappa shape index (κ3) is 1.80. The van der Waals surface area contributed by atoms with Crippen molar-refractivity contribution in [2.24, 2.45) is 0 Å². The van der Waals surface area contributed by atoms with Gasteiger partial charge in [-0.1, -0.05) is 0 Å². The lowest BCUT2D eigenvalue weighted by Crippen LogP contribution is -2.24. The average Bonchev–Trinajstić information content (AvgIpc) is 2.62. The van der Waals surface area contributed by atoms with E-state index in [0.717, 1.165) is 11.3 Å². The molecule has 96 valence electrons. The van der Waals surface area contributed by atoms with Crippen molar-refractivity contribution in [2.45, 2.75) is 20.4 Å². The van der Waals surface area contributed by atoms with Crippen LogP contribution >= 0.6 is 11.3 Å². The van der Waals surface area contributed by atoms with Crippen LogP contribution in [0.1, 0.15) is 21.1 Å². The highest BCUT2D eigenvalue weighted by molar-refractivity contribution is 7.20. The molecule has 0 bridgehead atoms. The fourth-order valence-electron chi connectivity index (χ4n) is 1.87. The molecule has 7 heteroatoms. The zero-order valence-electron chi connectivity index (χ0n) is 9.86. The lowest BCUT2D eigenvalue weighted by Gasteiger charge is -2.06. The summed E-state index contributed by atoms with van der Waals surface area (Å²) in [7, 11) is 0. The minimum atomic E-state index is -1.08. The van der Waals surface area contributed by atoms with Crippen molar-refractivity contribution in [1.29, 1.82) is 0 Å². The molecule has 0 amide bonds. The van der Waals surface area contributed by atoms with Crippen LogP contribution in [0.15, 0.2) is 4.79 Å². The molecule has 1 N–H and O–H groups in total. The molecule has 0 aliphatic carbocycles. The molecule has 0 aromatic carbocycles. The molecular weight excluding hydrogens is 259 g/mol. The summed E-state index contributed by atoms with van der Waals surface area (Å²) in [5, 5.41) is 9.29. The van der Waals surface area contributed by atoms with Crippen LogP contribution in [0, 0.1) is 13.8 Å². The molecule has 0 saturated carbocycles.